The molecule has 1 N–H and O–H groups in total. The fraction of sp³-hybridized carbons (Fsp3) is 0.143. The summed E-state index contributed by atoms with van der Waals surface area (Å²) in [6.45, 7) is -0.0138. The zero-order chi connectivity index (χ0) is 8.55. The fourth-order valence-electron chi connectivity index (χ4n) is 1.19. The molecule has 5 heteroatoms. The van der Waals surface area contributed by atoms with Crippen LogP contribution in [-0.4, -0.2) is 27.6 Å². The summed E-state index contributed by atoms with van der Waals surface area (Å²) in [5.74, 6) is 0. The van der Waals surface area contributed by atoms with Crippen LogP contribution in [0.5, 0.6) is 0 Å². The summed E-state index contributed by atoms with van der Waals surface area (Å²) in [6, 6.07) is 5.54. The van der Waals surface area contributed by atoms with Crippen LogP contribution in [0.25, 0.3) is 5.65 Å². The van der Waals surface area contributed by atoms with Gasteiger partial charge in [0.1, 0.15) is 5.72 Å². The van der Waals surface area contributed by atoms with Gasteiger partial charge in [0.2, 0.25) is 0 Å². The van der Waals surface area contributed by atoms with E-state index in [4.69, 9.17) is 5.11 Å². The van der Waals surface area contributed by atoms with Crippen LogP contribution in [0.2, 0.25) is 0 Å². The maximum atomic E-state index is 8.96. The number of pyridine rings is 1. The Kier molecular flexibility index (Phi) is 1.58. The lowest BCUT2D eigenvalue weighted by atomic mass is 10.1. The van der Waals surface area contributed by atoms with E-state index in [1.807, 2.05) is 26.0 Å². The Morgan fingerprint density at radius 3 is 3.08 bits per heavy atom. The molecule has 0 spiro atoms. The van der Waals surface area contributed by atoms with Crippen LogP contribution in [0, 0.1) is 0 Å². The van der Waals surface area contributed by atoms with Gasteiger partial charge in [0.05, 0.1) is 12.3 Å². The molecule has 60 valence electrons. The Morgan fingerprint density at radius 2 is 2.33 bits per heavy atom. The SMILES string of the molecule is Bc1nc2cccc(CO)n2n1. The van der Waals surface area contributed by atoms with Gasteiger partial charge in [-0.25, -0.2) is 9.50 Å². The molecule has 0 unspecified atom stereocenters. The molecule has 2 rings (SSSR count). The maximum Gasteiger partial charge on any atom is 0.191 e. The Morgan fingerprint density at radius 1 is 1.50 bits per heavy atom. The molecule has 0 aliphatic heterocycles. The van der Waals surface area contributed by atoms with Gasteiger partial charge in [-0.2, -0.15) is 5.10 Å². The quantitative estimate of drug-likeness (QED) is 0.516. The molecule has 0 aliphatic rings. The van der Waals surface area contributed by atoms with Gasteiger partial charge in [0, 0.05) is 0 Å². The van der Waals surface area contributed by atoms with Crippen molar-refractivity contribution in [2.24, 2.45) is 0 Å². The number of hydrogen-bond acceptors (Lipinski definition) is 3. The van der Waals surface area contributed by atoms with E-state index < -0.39 is 0 Å². The molecule has 2 aromatic heterocycles. The van der Waals surface area contributed by atoms with Gasteiger partial charge >= 0.3 is 0 Å². The third kappa shape index (κ3) is 0.985. The first-order valence-electron chi connectivity index (χ1n) is 3.73. The molecule has 12 heavy (non-hydrogen) atoms. The third-order valence-corrected chi connectivity index (χ3v) is 1.71. The Labute approximate surface area is 70.3 Å². The summed E-state index contributed by atoms with van der Waals surface area (Å²) in [5.41, 5.74) is 2.25. The predicted octanol–water partition coefficient (Wildman–Crippen LogP) is -1.52. The largest absolute Gasteiger partial charge is 0.390 e. The Bertz CT molecular complexity index is 412. The number of aromatic nitrogens is 3. The van der Waals surface area contributed by atoms with Crippen molar-refractivity contribution in [1.29, 1.82) is 0 Å². The molecular formula is C7H8BN3O. The Hall–Kier alpha value is -1.36. The van der Waals surface area contributed by atoms with Gasteiger partial charge in [0.25, 0.3) is 0 Å². The lowest BCUT2D eigenvalue weighted by Crippen LogP contribution is -2.07. The van der Waals surface area contributed by atoms with Gasteiger partial charge in [-0.15, -0.1) is 0 Å². The summed E-state index contributed by atoms with van der Waals surface area (Å²) in [6.07, 6.45) is 0. The summed E-state index contributed by atoms with van der Waals surface area (Å²) in [5, 5.41) is 13.1. The monoisotopic (exact) mass is 161 g/mol. The molecule has 0 atom stereocenters. The molecule has 0 bridgehead atoms. The predicted molar refractivity (Wildman–Crippen MR) is 47.1 cm³/mol. The highest BCUT2D eigenvalue weighted by atomic mass is 16.3. The summed E-state index contributed by atoms with van der Waals surface area (Å²) in [7, 11) is 1.83. The minimum absolute atomic E-state index is 0.0138. The molecule has 4 nitrogen and oxygen atoms in total. The van der Waals surface area contributed by atoms with E-state index >= 15 is 0 Å². The van der Waals surface area contributed by atoms with E-state index in [9.17, 15) is 0 Å². The van der Waals surface area contributed by atoms with Crippen molar-refractivity contribution < 1.29 is 5.11 Å². The molecule has 0 saturated carbocycles. The van der Waals surface area contributed by atoms with Crippen molar-refractivity contribution in [2.75, 3.05) is 0 Å². The molecule has 0 fully saturated rings. The van der Waals surface area contributed by atoms with Gasteiger partial charge in [-0.05, 0) is 12.1 Å². The van der Waals surface area contributed by atoms with Crippen LogP contribution in [0.1, 0.15) is 5.69 Å². The standard InChI is InChI=1S/C7H8BN3O/c8-7-9-6-3-1-2-5(4-12)11(6)10-7/h1-3,12H,4,8H2. The van der Waals surface area contributed by atoms with Crippen molar-refractivity contribution in [2.45, 2.75) is 6.61 Å². The molecule has 0 aromatic carbocycles. The van der Waals surface area contributed by atoms with E-state index in [1.54, 1.807) is 4.52 Å². The summed E-state index contributed by atoms with van der Waals surface area (Å²) >= 11 is 0. The lowest BCUT2D eigenvalue weighted by molar-refractivity contribution is 0.273. The lowest BCUT2D eigenvalue weighted by Gasteiger charge is -1.97. The van der Waals surface area contributed by atoms with Crippen LogP contribution in [-0.2, 0) is 6.61 Å². The zero-order valence-electron chi connectivity index (χ0n) is 6.73. The third-order valence-electron chi connectivity index (χ3n) is 1.71. The number of aliphatic hydroxyl groups is 1. The van der Waals surface area contributed by atoms with E-state index in [-0.39, 0.29) is 6.61 Å². The molecule has 0 amide bonds. The van der Waals surface area contributed by atoms with E-state index in [0.717, 1.165) is 17.1 Å². The topological polar surface area (TPSA) is 50.4 Å². The Balaban J connectivity index is 2.78. The minimum Gasteiger partial charge on any atom is -0.390 e. The minimum atomic E-state index is -0.0138. The van der Waals surface area contributed by atoms with Crippen LogP contribution in [0.4, 0.5) is 0 Å². The van der Waals surface area contributed by atoms with Crippen LogP contribution >= 0.6 is 0 Å². The second kappa shape index (κ2) is 2.60. The average Bonchev–Trinajstić information content (AvgIpc) is 2.44. The van der Waals surface area contributed by atoms with Gasteiger partial charge < -0.3 is 5.11 Å². The number of rotatable bonds is 1. The molecule has 0 saturated heterocycles. The second-order valence-electron chi connectivity index (χ2n) is 2.60. The average molecular weight is 161 g/mol. The van der Waals surface area contributed by atoms with Gasteiger partial charge in [-0.1, -0.05) is 6.07 Å². The maximum absolute atomic E-state index is 8.96. The molecule has 2 aromatic rings. The molecular weight excluding hydrogens is 153 g/mol. The fourth-order valence-corrected chi connectivity index (χ4v) is 1.19. The highest BCUT2D eigenvalue weighted by Crippen LogP contribution is 2.01. The number of hydrogen-bond donors (Lipinski definition) is 1. The highest BCUT2D eigenvalue weighted by molar-refractivity contribution is 6.29. The van der Waals surface area contributed by atoms with Crippen molar-refractivity contribution in [3.05, 3.63) is 23.9 Å². The first kappa shape index (κ1) is 7.30. The molecule has 0 radical (unpaired) electrons. The van der Waals surface area contributed by atoms with E-state index in [0.29, 0.717) is 0 Å². The summed E-state index contributed by atoms with van der Waals surface area (Å²) < 4.78 is 1.65. The van der Waals surface area contributed by atoms with Crippen molar-refractivity contribution >= 4 is 19.2 Å². The highest BCUT2D eigenvalue weighted by Gasteiger charge is 2.01. The number of fused-ring (bicyclic) bond motifs is 1. The van der Waals surface area contributed by atoms with Crippen LogP contribution < -0.4 is 5.72 Å². The second-order valence-corrected chi connectivity index (χ2v) is 2.60. The van der Waals surface area contributed by atoms with Gasteiger partial charge in [-0.3, -0.25) is 0 Å². The first-order chi connectivity index (χ1) is 5.81. The van der Waals surface area contributed by atoms with Crippen molar-refractivity contribution in [1.82, 2.24) is 14.6 Å². The van der Waals surface area contributed by atoms with E-state index in [1.165, 1.54) is 0 Å². The van der Waals surface area contributed by atoms with Crippen LogP contribution in [0.3, 0.4) is 0 Å². The van der Waals surface area contributed by atoms with Crippen molar-refractivity contribution in [3.8, 4) is 0 Å². The zero-order valence-corrected chi connectivity index (χ0v) is 6.73. The van der Waals surface area contributed by atoms with E-state index in [2.05, 4.69) is 10.1 Å². The van der Waals surface area contributed by atoms with Crippen molar-refractivity contribution in [3.63, 3.8) is 0 Å². The number of nitrogens with zero attached hydrogens (tertiary/aromatic N) is 3. The summed E-state index contributed by atoms with van der Waals surface area (Å²) in [4.78, 5) is 4.16. The van der Waals surface area contributed by atoms with Gasteiger partial charge in [0.15, 0.2) is 13.5 Å². The smallest absolute Gasteiger partial charge is 0.191 e. The molecule has 2 heterocycles. The molecule has 0 aliphatic carbocycles. The normalized spacial score (nSPS) is 10.8. The van der Waals surface area contributed by atoms with Crippen LogP contribution in [0.15, 0.2) is 18.2 Å². The number of aliphatic hydroxyl groups excluding tert-OH is 1. The first-order valence-corrected chi connectivity index (χ1v) is 3.73.